The quantitative estimate of drug-likeness (QED) is 0.663. The van der Waals surface area contributed by atoms with Crippen LogP contribution in [0.25, 0.3) is 0 Å². The van der Waals surface area contributed by atoms with E-state index in [9.17, 15) is 4.79 Å². The van der Waals surface area contributed by atoms with Crippen LogP contribution in [0.15, 0.2) is 66.0 Å². The Morgan fingerprint density at radius 2 is 1.45 bits per heavy atom. The van der Waals surface area contributed by atoms with Crippen molar-refractivity contribution in [2.45, 2.75) is 0 Å². The van der Waals surface area contributed by atoms with Gasteiger partial charge in [0.25, 0.3) is 0 Å². The van der Waals surface area contributed by atoms with Gasteiger partial charge in [-0.2, -0.15) is 0 Å². The van der Waals surface area contributed by atoms with Gasteiger partial charge in [0.1, 0.15) is 5.69 Å². The summed E-state index contributed by atoms with van der Waals surface area (Å²) in [5.74, 6) is 0. The number of carbonyl (C=O) groups is 1. The van der Waals surface area contributed by atoms with Crippen molar-refractivity contribution < 1.29 is 4.79 Å². The molecule has 0 radical (unpaired) electrons. The zero-order valence-electron chi connectivity index (χ0n) is 10.6. The molecule has 3 nitrogen and oxygen atoms in total. The number of nitrogens with zero attached hydrogens (tertiary/aromatic N) is 2. The molecule has 20 heavy (non-hydrogen) atoms. The molecule has 0 atom stereocenters. The number of aromatic nitrogens is 1. The molecule has 98 valence electrons. The third-order valence-corrected chi connectivity index (χ3v) is 3.69. The number of aldehydes is 1. The number of rotatable bonds is 4. The minimum absolute atomic E-state index is 0.460. The number of hydrogen-bond acceptors (Lipinski definition) is 4. The lowest BCUT2D eigenvalue weighted by Crippen LogP contribution is -2.09. The summed E-state index contributed by atoms with van der Waals surface area (Å²) < 4.78 is 0. The summed E-state index contributed by atoms with van der Waals surface area (Å²) in [7, 11) is 0. The Balaban J connectivity index is 2.11. The average Bonchev–Trinajstić information content (AvgIpc) is 2.98. The monoisotopic (exact) mass is 280 g/mol. The van der Waals surface area contributed by atoms with Gasteiger partial charge in [0.05, 0.1) is 0 Å². The third-order valence-electron chi connectivity index (χ3n) is 2.85. The van der Waals surface area contributed by atoms with Gasteiger partial charge in [-0.05, 0) is 24.3 Å². The van der Waals surface area contributed by atoms with Crippen LogP contribution in [-0.2, 0) is 0 Å². The first-order valence-electron chi connectivity index (χ1n) is 6.19. The molecule has 1 heterocycles. The number of benzene rings is 2. The number of anilines is 3. The summed E-state index contributed by atoms with van der Waals surface area (Å²) in [5.41, 5.74) is 2.50. The van der Waals surface area contributed by atoms with Crippen LogP contribution < -0.4 is 4.90 Å². The van der Waals surface area contributed by atoms with Crippen LogP contribution in [0.5, 0.6) is 0 Å². The number of carbonyl (C=O) groups excluding carboxylic acids is 1. The first kappa shape index (κ1) is 12.6. The van der Waals surface area contributed by atoms with E-state index in [4.69, 9.17) is 0 Å². The number of hydrogen-bond donors (Lipinski definition) is 0. The van der Waals surface area contributed by atoms with Crippen molar-refractivity contribution in [3.63, 3.8) is 0 Å². The predicted octanol–water partition coefficient (Wildman–Crippen LogP) is 4.43. The van der Waals surface area contributed by atoms with Gasteiger partial charge in [-0.25, -0.2) is 4.98 Å². The Bertz CT molecular complexity index is 655. The van der Waals surface area contributed by atoms with Crippen molar-refractivity contribution in [1.82, 2.24) is 4.98 Å². The maximum atomic E-state index is 10.8. The van der Waals surface area contributed by atoms with E-state index < -0.39 is 0 Å². The Kier molecular flexibility index (Phi) is 3.56. The minimum Gasteiger partial charge on any atom is -0.296 e. The fourth-order valence-corrected chi connectivity index (χ4v) is 2.77. The highest BCUT2D eigenvalue weighted by molar-refractivity contribution is 7.14. The normalized spacial score (nSPS) is 10.2. The molecule has 0 amide bonds. The maximum absolute atomic E-state index is 10.8. The highest BCUT2D eigenvalue weighted by Gasteiger charge is 2.15. The molecule has 0 unspecified atom stereocenters. The second kappa shape index (κ2) is 5.67. The maximum Gasteiger partial charge on any atom is 0.195 e. The Morgan fingerprint density at radius 1 is 0.900 bits per heavy atom. The van der Waals surface area contributed by atoms with Crippen LogP contribution in [0.4, 0.5) is 16.5 Å². The van der Waals surface area contributed by atoms with Gasteiger partial charge in [0.2, 0.25) is 0 Å². The molecule has 0 saturated heterocycles. The average molecular weight is 280 g/mol. The van der Waals surface area contributed by atoms with E-state index in [0.29, 0.717) is 5.69 Å². The van der Waals surface area contributed by atoms with E-state index in [-0.39, 0.29) is 0 Å². The molecule has 4 heteroatoms. The molecule has 0 spiro atoms. The van der Waals surface area contributed by atoms with Crippen LogP contribution in [0.1, 0.15) is 10.5 Å². The first-order valence-corrected chi connectivity index (χ1v) is 7.07. The summed E-state index contributed by atoms with van der Waals surface area (Å²) in [6.07, 6.45) is 0.772. The molecular formula is C16H12N2OS. The molecule has 0 fully saturated rings. The largest absolute Gasteiger partial charge is 0.296 e. The second-order valence-corrected chi connectivity index (χ2v) is 5.02. The molecule has 2 aromatic carbocycles. The molecule has 0 saturated carbocycles. The van der Waals surface area contributed by atoms with E-state index in [0.717, 1.165) is 22.8 Å². The van der Waals surface area contributed by atoms with Crippen LogP contribution in [0, 0.1) is 0 Å². The van der Waals surface area contributed by atoms with E-state index in [1.54, 1.807) is 5.38 Å². The Hall–Kier alpha value is -2.46. The Labute approximate surface area is 121 Å². The molecule has 0 bridgehead atoms. The highest BCUT2D eigenvalue weighted by Crippen LogP contribution is 2.35. The summed E-state index contributed by atoms with van der Waals surface area (Å²) >= 11 is 1.46. The zero-order valence-corrected chi connectivity index (χ0v) is 11.5. The first-order chi connectivity index (χ1) is 9.88. The summed E-state index contributed by atoms with van der Waals surface area (Å²) in [5, 5.41) is 2.55. The lowest BCUT2D eigenvalue weighted by atomic mass is 10.2. The predicted molar refractivity (Wildman–Crippen MR) is 82.2 cm³/mol. The lowest BCUT2D eigenvalue weighted by Gasteiger charge is -2.21. The van der Waals surface area contributed by atoms with Gasteiger partial charge >= 0.3 is 0 Å². The number of para-hydroxylation sites is 2. The molecule has 0 aliphatic heterocycles. The van der Waals surface area contributed by atoms with Crippen molar-refractivity contribution in [2.24, 2.45) is 0 Å². The second-order valence-electron chi connectivity index (χ2n) is 4.18. The van der Waals surface area contributed by atoms with Gasteiger partial charge in [-0.15, -0.1) is 11.3 Å². The van der Waals surface area contributed by atoms with E-state index >= 15 is 0 Å². The van der Waals surface area contributed by atoms with E-state index in [1.807, 2.05) is 65.6 Å². The summed E-state index contributed by atoms with van der Waals surface area (Å²) in [6.45, 7) is 0. The molecule has 3 rings (SSSR count). The third kappa shape index (κ3) is 2.46. The van der Waals surface area contributed by atoms with Crippen LogP contribution in [-0.4, -0.2) is 11.3 Å². The van der Waals surface area contributed by atoms with Crippen LogP contribution in [0.3, 0.4) is 0 Å². The van der Waals surface area contributed by atoms with Crippen molar-refractivity contribution in [3.8, 4) is 0 Å². The van der Waals surface area contributed by atoms with Crippen LogP contribution in [0.2, 0.25) is 0 Å². The zero-order chi connectivity index (χ0) is 13.8. The molecule has 1 aromatic heterocycles. The lowest BCUT2D eigenvalue weighted by molar-refractivity contribution is 0.111. The Morgan fingerprint density at radius 3 is 1.90 bits per heavy atom. The van der Waals surface area contributed by atoms with Gasteiger partial charge in [-0.1, -0.05) is 36.4 Å². The standard InChI is InChI=1S/C16H12N2OS/c19-11-13-12-20-16(17-13)18(14-7-3-1-4-8-14)15-9-5-2-6-10-15/h1-12H. The van der Waals surface area contributed by atoms with Crippen LogP contribution >= 0.6 is 11.3 Å². The van der Waals surface area contributed by atoms with E-state index in [1.165, 1.54) is 11.3 Å². The van der Waals surface area contributed by atoms with Gasteiger partial charge in [0.15, 0.2) is 11.4 Å². The summed E-state index contributed by atoms with van der Waals surface area (Å²) in [6, 6.07) is 20.0. The van der Waals surface area contributed by atoms with Crippen molar-refractivity contribution in [2.75, 3.05) is 4.90 Å². The molecule has 3 aromatic rings. The SMILES string of the molecule is O=Cc1csc(N(c2ccccc2)c2ccccc2)n1. The summed E-state index contributed by atoms with van der Waals surface area (Å²) in [4.78, 5) is 17.2. The van der Waals surface area contributed by atoms with E-state index in [2.05, 4.69) is 4.98 Å². The molecular weight excluding hydrogens is 268 g/mol. The van der Waals surface area contributed by atoms with Gasteiger partial charge in [0, 0.05) is 16.8 Å². The molecule has 0 N–H and O–H groups in total. The fourth-order valence-electron chi connectivity index (χ4n) is 1.96. The smallest absolute Gasteiger partial charge is 0.195 e. The molecule has 0 aliphatic rings. The van der Waals surface area contributed by atoms with Crippen molar-refractivity contribution in [3.05, 3.63) is 71.7 Å². The molecule has 0 aliphatic carbocycles. The highest BCUT2D eigenvalue weighted by atomic mass is 32.1. The number of thiazole rings is 1. The van der Waals surface area contributed by atoms with Crippen molar-refractivity contribution in [1.29, 1.82) is 0 Å². The van der Waals surface area contributed by atoms with Crippen molar-refractivity contribution >= 4 is 34.1 Å². The minimum atomic E-state index is 0.460. The van der Waals surface area contributed by atoms with Gasteiger partial charge in [-0.3, -0.25) is 9.69 Å². The fraction of sp³-hybridized carbons (Fsp3) is 0. The topological polar surface area (TPSA) is 33.2 Å². The van der Waals surface area contributed by atoms with Gasteiger partial charge < -0.3 is 0 Å².